The first-order valence-corrected chi connectivity index (χ1v) is 6.44. The van der Waals surface area contributed by atoms with Crippen LogP contribution in [0.15, 0.2) is 27.2 Å². The number of halogens is 2. The van der Waals surface area contributed by atoms with E-state index in [1.807, 2.05) is 0 Å². The molecule has 1 aromatic carbocycles. The Morgan fingerprint density at radius 2 is 2.37 bits per heavy atom. The minimum absolute atomic E-state index is 0.0661. The van der Waals surface area contributed by atoms with Crippen molar-refractivity contribution in [1.82, 2.24) is 0 Å². The maximum Gasteiger partial charge on any atom is 0.293 e. The lowest BCUT2D eigenvalue weighted by molar-refractivity contribution is -0.128. The topological polar surface area (TPSA) is 64.7 Å². The molecular weight excluding hydrogens is 315 g/mol. The van der Waals surface area contributed by atoms with E-state index in [1.165, 1.54) is 6.07 Å². The van der Waals surface area contributed by atoms with Crippen LogP contribution in [0.3, 0.4) is 0 Å². The fourth-order valence-electron chi connectivity index (χ4n) is 1.82. The molecule has 0 radical (unpaired) electrons. The van der Waals surface area contributed by atoms with Gasteiger partial charge in [-0.25, -0.2) is 4.39 Å². The predicted octanol–water partition coefficient (Wildman–Crippen LogP) is 2.58. The Bertz CT molecular complexity index is 558. The van der Waals surface area contributed by atoms with Gasteiger partial charge in [0.25, 0.3) is 6.47 Å². The normalized spacial score (nSPS) is 15.2. The van der Waals surface area contributed by atoms with Crippen molar-refractivity contribution in [2.45, 2.75) is 12.5 Å². The van der Waals surface area contributed by atoms with Crippen molar-refractivity contribution < 1.29 is 13.9 Å². The largest absolute Gasteiger partial charge is 0.466 e. The van der Waals surface area contributed by atoms with Gasteiger partial charge in [-0.2, -0.15) is 0 Å². The fraction of sp³-hybridized carbons (Fsp3) is 0.231. The van der Waals surface area contributed by atoms with E-state index in [4.69, 9.17) is 5.73 Å². The maximum atomic E-state index is 13.9. The molecule has 1 heterocycles. The molecule has 6 heteroatoms. The zero-order valence-corrected chi connectivity index (χ0v) is 11.6. The second kappa shape index (κ2) is 6.08. The summed E-state index contributed by atoms with van der Waals surface area (Å²) in [7, 11) is 0. The number of nitrogens with two attached hydrogens (primary N) is 1. The molecule has 1 aromatic rings. The minimum Gasteiger partial charge on any atom is -0.466 e. The Labute approximate surface area is 118 Å². The van der Waals surface area contributed by atoms with Gasteiger partial charge < -0.3 is 10.5 Å². The molecule has 100 valence electrons. The molecule has 19 heavy (non-hydrogen) atoms. The summed E-state index contributed by atoms with van der Waals surface area (Å²) in [5.41, 5.74) is 7.61. The number of hydrogen-bond donors (Lipinski definition) is 1. The molecule has 0 spiro atoms. The highest BCUT2D eigenvalue weighted by Gasteiger charge is 2.15. The van der Waals surface area contributed by atoms with Gasteiger partial charge in [0.05, 0.1) is 11.7 Å². The third-order valence-corrected chi connectivity index (χ3v) is 3.24. The third-order valence-electron chi connectivity index (χ3n) is 2.78. The number of carbonyl (C=O) groups is 1. The predicted molar refractivity (Wildman–Crippen MR) is 74.8 cm³/mol. The molecule has 0 aliphatic carbocycles. The Kier molecular flexibility index (Phi) is 4.44. The molecule has 1 aliphatic rings. The molecule has 0 saturated heterocycles. The van der Waals surface area contributed by atoms with Gasteiger partial charge in [0.1, 0.15) is 12.4 Å². The Morgan fingerprint density at radius 1 is 1.58 bits per heavy atom. The number of carbonyl (C=O) groups excluding carboxylic acids is 1. The lowest BCUT2D eigenvalue weighted by atomic mass is 10.0. The second-order valence-electron chi connectivity index (χ2n) is 4.09. The van der Waals surface area contributed by atoms with Gasteiger partial charge in [0.2, 0.25) is 0 Å². The van der Waals surface area contributed by atoms with Crippen molar-refractivity contribution in [2.75, 3.05) is 6.61 Å². The van der Waals surface area contributed by atoms with Crippen LogP contribution in [0.5, 0.6) is 0 Å². The SMILES string of the molecule is NC(COC=O)C1=Cc2c(F)cc(Br)cc2N=CC1. The number of benzene rings is 1. The number of fused-ring (bicyclic) bond motifs is 1. The van der Waals surface area contributed by atoms with Crippen molar-refractivity contribution in [1.29, 1.82) is 0 Å². The van der Waals surface area contributed by atoms with Gasteiger partial charge >= 0.3 is 0 Å². The van der Waals surface area contributed by atoms with Crippen LogP contribution in [0, 0.1) is 5.82 Å². The molecule has 0 bridgehead atoms. The molecule has 1 aliphatic heterocycles. The number of aliphatic imine (C=N–C) groups is 1. The van der Waals surface area contributed by atoms with E-state index in [2.05, 4.69) is 25.7 Å². The van der Waals surface area contributed by atoms with Crippen LogP contribution in [-0.4, -0.2) is 25.3 Å². The Balaban J connectivity index is 2.36. The van der Waals surface area contributed by atoms with Crippen LogP contribution in [0.2, 0.25) is 0 Å². The lowest BCUT2D eigenvalue weighted by Gasteiger charge is -2.13. The minimum atomic E-state index is -0.467. The summed E-state index contributed by atoms with van der Waals surface area (Å²) in [5.74, 6) is -0.371. The smallest absolute Gasteiger partial charge is 0.293 e. The molecule has 2 N–H and O–H groups in total. The van der Waals surface area contributed by atoms with Crippen molar-refractivity contribution in [3.05, 3.63) is 33.6 Å². The average Bonchev–Trinajstić information content (AvgIpc) is 2.58. The van der Waals surface area contributed by atoms with Gasteiger partial charge in [-0.05, 0) is 23.8 Å². The molecular formula is C13H12BrFN2O2. The van der Waals surface area contributed by atoms with E-state index in [0.29, 0.717) is 28.6 Å². The number of ether oxygens (including phenoxy) is 1. The average molecular weight is 327 g/mol. The first-order chi connectivity index (χ1) is 9.11. The van der Waals surface area contributed by atoms with Crippen LogP contribution in [-0.2, 0) is 9.53 Å². The van der Waals surface area contributed by atoms with Gasteiger partial charge in [0.15, 0.2) is 0 Å². The summed E-state index contributed by atoms with van der Waals surface area (Å²) in [6, 6.07) is 2.65. The highest BCUT2D eigenvalue weighted by molar-refractivity contribution is 9.10. The van der Waals surface area contributed by atoms with Crippen LogP contribution < -0.4 is 5.73 Å². The quantitative estimate of drug-likeness (QED) is 0.865. The van der Waals surface area contributed by atoms with Gasteiger partial charge in [-0.1, -0.05) is 15.9 Å². The van der Waals surface area contributed by atoms with Crippen LogP contribution in [0.4, 0.5) is 10.1 Å². The third kappa shape index (κ3) is 3.27. The molecule has 1 unspecified atom stereocenters. The van der Waals surface area contributed by atoms with Crippen molar-refractivity contribution in [2.24, 2.45) is 10.7 Å². The molecule has 0 amide bonds. The number of hydrogen-bond acceptors (Lipinski definition) is 4. The van der Waals surface area contributed by atoms with Crippen LogP contribution in [0.25, 0.3) is 6.08 Å². The summed E-state index contributed by atoms with van der Waals surface area (Å²) in [4.78, 5) is 14.4. The van der Waals surface area contributed by atoms with E-state index < -0.39 is 6.04 Å². The summed E-state index contributed by atoms with van der Waals surface area (Å²) in [6.07, 6.45) is 3.84. The van der Waals surface area contributed by atoms with Crippen molar-refractivity contribution in [3.63, 3.8) is 0 Å². The fourth-order valence-corrected chi connectivity index (χ4v) is 2.24. The maximum absolute atomic E-state index is 13.9. The molecule has 0 fully saturated rings. The lowest BCUT2D eigenvalue weighted by Crippen LogP contribution is -2.28. The summed E-state index contributed by atoms with van der Waals surface area (Å²) >= 11 is 3.23. The molecule has 1 atom stereocenters. The highest BCUT2D eigenvalue weighted by atomic mass is 79.9. The Hall–Kier alpha value is -1.53. The van der Waals surface area contributed by atoms with E-state index >= 15 is 0 Å². The summed E-state index contributed by atoms with van der Waals surface area (Å²) in [5, 5.41) is 0. The monoisotopic (exact) mass is 326 g/mol. The zero-order chi connectivity index (χ0) is 13.8. The van der Waals surface area contributed by atoms with E-state index in [9.17, 15) is 9.18 Å². The standard InChI is InChI=1S/C13H12BrFN2O2/c14-9-4-11(15)10-3-8(12(16)6-19-7-18)1-2-17-13(10)5-9/h2-5,7,12H,1,6,16H2. The zero-order valence-electron chi connectivity index (χ0n) is 9.98. The number of nitrogens with zero attached hydrogens (tertiary/aromatic N) is 1. The Morgan fingerprint density at radius 3 is 3.11 bits per heavy atom. The highest BCUT2D eigenvalue weighted by Crippen LogP contribution is 2.31. The van der Waals surface area contributed by atoms with Gasteiger partial charge in [-0.15, -0.1) is 0 Å². The molecule has 0 saturated carbocycles. The summed E-state index contributed by atoms with van der Waals surface area (Å²) < 4.78 is 19.2. The van der Waals surface area contributed by atoms with Gasteiger partial charge in [-0.3, -0.25) is 9.79 Å². The first-order valence-electron chi connectivity index (χ1n) is 5.64. The molecule has 4 nitrogen and oxygen atoms in total. The molecule has 0 aromatic heterocycles. The van der Waals surface area contributed by atoms with Gasteiger partial charge in [0, 0.05) is 22.7 Å². The van der Waals surface area contributed by atoms with E-state index in [0.717, 1.165) is 5.57 Å². The molecule has 2 rings (SSSR count). The van der Waals surface area contributed by atoms with Crippen LogP contribution in [0.1, 0.15) is 12.0 Å². The first kappa shape index (κ1) is 13.9. The van der Waals surface area contributed by atoms with E-state index in [1.54, 1.807) is 18.4 Å². The second-order valence-corrected chi connectivity index (χ2v) is 5.01. The van der Waals surface area contributed by atoms with Crippen LogP contribution >= 0.6 is 15.9 Å². The summed E-state index contributed by atoms with van der Waals surface area (Å²) in [6.45, 7) is 0.410. The number of rotatable bonds is 4. The van der Waals surface area contributed by atoms with Crippen molar-refractivity contribution >= 4 is 40.4 Å². The van der Waals surface area contributed by atoms with Crippen molar-refractivity contribution in [3.8, 4) is 0 Å². The van der Waals surface area contributed by atoms with E-state index in [-0.39, 0.29) is 12.4 Å².